The molecule has 0 aromatic heterocycles. The zero-order chi connectivity index (χ0) is 16.1. The van der Waals surface area contributed by atoms with Gasteiger partial charge in [0.1, 0.15) is 5.75 Å². The summed E-state index contributed by atoms with van der Waals surface area (Å²) in [5.41, 5.74) is 2.54. The lowest BCUT2D eigenvalue weighted by molar-refractivity contribution is 0.0526. The number of hydrogen-bond donors (Lipinski definition) is 2. The van der Waals surface area contributed by atoms with Gasteiger partial charge in [0.05, 0.1) is 20.3 Å². The van der Waals surface area contributed by atoms with Crippen molar-refractivity contribution < 1.29 is 9.47 Å². The van der Waals surface area contributed by atoms with Crippen LogP contribution in [-0.2, 0) is 11.2 Å². The highest BCUT2D eigenvalue weighted by atomic mass is 16.5. The minimum absolute atomic E-state index is 0.531. The van der Waals surface area contributed by atoms with Gasteiger partial charge in [0.15, 0.2) is 0 Å². The van der Waals surface area contributed by atoms with Gasteiger partial charge in [-0.3, -0.25) is 0 Å². The third-order valence-corrected chi connectivity index (χ3v) is 5.33. The molecule has 4 nitrogen and oxygen atoms in total. The molecule has 2 aliphatic rings. The van der Waals surface area contributed by atoms with Crippen LogP contribution in [0.15, 0.2) is 18.2 Å². The summed E-state index contributed by atoms with van der Waals surface area (Å²) in [7, 11) is 1.74. The van der Waals surface area contributed by atoms with Gasteiger partial charge in [-0.2, -0.15) is 0 Å². The first-order valence-corrected chi connectivity index (χ1v) is 8.96. The number of methoxy groups -OCH3 is 1. The number of morpholine rings is 1. The highest BCUT2D eigenvalue weighted by Crippen LogP contribution is 2.29. The van der Waals surface area contributed by atoms with E-state index >= 15 is 0 Å². The van der Waals surface area contributed by atoms with Crippen molar-refractivity contribution in [2.45, 2.75) is 44.7 Å². The van der Waals surface area contributed by atoms with Gasteiger partial charge in [-0.1, -0.05) is 18.6 Å². The predicted octanol–water partition coefficient (Wildman–Crippen LogP) is 2.29. The third kappa shape index (κ3) is 4.25. The van der Waals surface area contributed by atoms with Crippen LogP contribution >= 0.6 is 0 Å². The van der Waals surface area contributed by atoms with Gasteiger partial charge in [-0.05, 0) is 55.8 Å². The second-order valence-corrected chi connectivity index (χ2v) is 6.84. The van der Waals surface area contributed by atoms with Crippen LogP contribution in [0, 0.1) is 12.8 Å². The molecule has 0 radical (unpaired) electrons. The molecule has 3 atom stereocenters. The van der Waals surface area contributed by atoms with Crippen molar-refractivity contribution in [2.24, 2.45) is 5.92 Å². The van der Waals surface area contributed by atoms with Crippen molar-refractivity contribution in [1.82, 2.24) is 10.6 Å². The van der Waals surface area contributed by atoms with Gasteiger partial charge in [-0.15, -0.1) is 0 Å². The number of aryl methyl sites for hydroxylation is 1. The molecule has 1 aromatic carbocycles. The van der Waals surface area contributed by atoms with E-state index in [2.05, 4.69) is 35.8 Å². The number of nitrogens with one attached hydrogen (secondary N) is 2. The zero-order valence-corrected chi connectivity index (χ0v) is 14.4. The first-order valence-electron chi connectivity index (χ1n) is 8.96. The summed E-state index contributed by atoms with van der Waals surface area (Å²) in [6, 6.07) is 7.68. The molecule has 1 saturated carbocycles. The molecule has 4 heteroatoms. The van der Waals surface area contributed by atoms with Gasteiger partial charge in [0.2, 0.25) is 0 Å². The molecule has 3 rings (SSSR count). The Morgan fingerprint density at radius 1 is 1.35 bits per heavy atom. The summed E-state index contributed by atoms with van der Waals surface area (Å²) in [5, 5.41) is 7.43. The van der Waals surface area contributed by atoms with E-state index in [0.29, 0.717) is 18.0 Å². The normalized spacial score (nSPS) is 28.0. The lowest BCUT2D eigenvalue weighted by Crippen LogP contribution is -2.51. The van der Waals surface area contributed by atoms with E-state index in [1.54, 1.807) is 7.11 Å². The Hall–Kier alpha value is -1.10. The minimum Gasteiger partial charge on any atom is -0.496 e. The van der Waals surface area contributed by atoms with Gasteiger partial charge in [-0.25, -0.2) is 0 Å². The fourth-order valence-electron chi connectivity index (χ4n) is 4.01. The van der Waals surface area contributed by atoms with Crippen LogP contribution in [0.3, 0.4) is 0 Å². The van der Waals surface area contributed by atoms with E-state index < -0.39 is 0 Å². The lowest BCUT2D eigenvalue weighted by Gasteiger charge is -2.33. The molecule has 2 N–H and O–H groups in total. The fourth-order valence-corrected chi connectivity index (χ4v) is 4.01. The van der Waals surface area contributed by atoms with Gasteiger partial charge < -0.3 is 20.1 Å². The summed E-state index contributed by atoms with van der Waals surface area (Å²) < 4.78 is 11.1. The maximum atomic E-state index is 5.65. The first kappa shape index (κ1) is 16.7. The monoisotopic (exact) mass is 318 g/mol. The predicted molar refractivity (Wildman–Crippen MR) is 93.2 cm³/mol. The molecule has 1 saturated heterocycles. The molecule has 3 unspecified atom stereocenters. The van der Waals surface area contributed by atoms with Crippen molar-refractivity contribution in [2.75, 3.05) is 33.4 Å². The van der Waals surface area contributed by atoms with Crippen molar-refractivity contribution in [3.63, 3.8) is 0 Å². The van der Waals surface area contributed by atoms with E-state index in [1.165, 1.54) is 30.4 Å². The number of hydrogen-bond acceptors (Lipinski definition) is 4. The largest absolute Gasteiger partial charge is 0.496 e. The summed E-state index contributed by atoms with van der Waals surface area (Å²) in [6.45, 7) is 5.84. The molecule has 1 aliphatic heterocycles. The highest BCUT2D eigenvalue weighted by Gasteiger charge is 2.34. The second kappa shape index (κ2) is 8.13. The highest BCUT2D eigenvalue weighted by molar-refractivity contribution is 5.36. The molecular formula is C19H30N2O2. The lowest BCUT2D eigenvalue weighted by atomic mass is 9.94. The van der Waals surface area contributed by atoms with E-state index in [4.69, 9.17) is 9.47 Å². The Balaban J connectivity index is 1.49. The van der Waals surface area contributed by atoms with Gasteiger partial charge in [0.25, 0.3) is 0 Å². The maximum Gasteiger partial charge on any atom is 0.122 e. The molecule has 1 heterocycles. The van der Waals surface area contributed by atoms with E-state index in [1.807, 2.05) is 0 Å². The van der Waals surface area contributed by atoms with Crippen LogP contribution in [0.2, 0.25) is 0 Å². The van der Waals surface area contributed by atoms with Crippen molar-refractivity contribution in [3.8, 4) is 5.75 Å². The minimum atomic E-state index is 0.531. The van der Waals surface area contributed by atoms with E-state index in [0.717, 1.165) is 38.5 Å². The Morgan fingerprint density at radius 2 is 2.26 bits per heavy atom. The number of ether oxygens (including phenoxy) is 2. The Bertz CT molecular complexity index is 500. The molecule has 0 amide bonds. The standard InChI is InChI=1S/C19H30N2O2/c1-14-6-7-15(12-19(14)22-2)8-9-20-17-5-3-4-16(17)18-13-23-11-10-21-18/h6-7,12,16-18,20-21H,3-5,8-11,13H2,1-2H3. The summed E-state index contributed by atoms with van der Waals surface area (Å²) in [6.07, 6.45) is 4.99. The van der Waals surface area contributed by atoms with Crippen molar-refractivity contribution >= 4 is 0 Å². The van der Waals surface area contributed by atoms with E-state index in [-0.39, 0.29) is 0 Å². The van der Waals surface area contributed by atoms with Crippen molar-refractivity contribution in [3.05, 3.63) is 29.3 Å². The second-order valence-electron chi connectivity index (χ2n) is 6.84. The molecule has 0 bridgehead atoms. The van der Waals surface area contributed by atoms with Crippen molar-refractivity contribution in [1.29, 1.82) is 0 Å². The SMILES string of the molecule is COc1cc(CCNC2CCCC2C2COCCN2)ccc1C. The summed E-state index contributed by atoms with van der Waals surface area (Å²) >= 11 is 0. The molecule has 1 aliphatic carbocycles. The van der Waals surface area contributed by atoms with Crippen LogP contribution in [0.25, 0.3) is 0 Å². The van der Waals surface area contributed by atoms with Crippen LogP contribution in [0.5, 0.6) is 5.75 Å². The molecule has 0 spiro atoms. The smallest absolute Gasteiger partial charge is 0.122 e. The summed E-state index contributed by atoms with van der Waals surface area (Å²) in [4.78, 5) is 0. The van der Waals surface area contributed by atoms with E-state index in [9.17, 15) is 0 Å². The average molecular weight is 318 g/mol. The summed E-state index contributed by atoms with van der Waals surface area (Å²) in [5.74, 6) is 1.70. The molecule has 2 fully saturated rings. The number of benzene rings is 1. The van der Waals surface area contributed by atoms with Crippen LogP contribution in [0.1, 0.15) is 30.4 Å². The Morgan fingerprint density at radius 3 is 3.04 bits per heavy atom. The molecular weight excluding hydrogens is 288 g/mol. The third-order valence-electron chi connectivity index (χ3n) is 5.33. The fraction of sp³-hybridized carbons (Fsp3) is 0.684. The average Bonchev–Trinajstić information content (AvgIpc) is 3.05. The maximum absolute atomic E-state index is 5.65. The Kier molecular flexibility index (Phi) is 5.92. The number of rotatable bonds is 6. The topological polar surface area (TPSA) is 42.5 Å². The van der Waals surface area contributed by atoms with Crippen LogP contribution in [0.4, 0.5) is 0 Å². The molecule has 1 aromatic rings. The van der Waals surface area contributed by atoms with Crippen LogP contribution in [-0.4, -0.2) is 45.5 Å². The molecule has 23 heavy (non-hydrogen) atoms. The van der Waals surface area contributed by atoms with Gasteiger partial charge in [0, 0.05) is 18.6 Å². The zero-order valence-electron chi connectivity index (χ0n) is 14.4. The quantitative estimate of drug-likeness (QED) is 0.844. The Labute approximate surface area is 139 Å². The first-order chi connectivity index (χ1) is 11.3. The van der Waals surface area contributed by atoms with Gasteiger partial charge >= 0.3 is 0 Å². The molecule has 128 valence electrons. The van der Waals surface area contributed by atoms with Crippen LogP contribution < -0.4 is 15.4 Å².